The maximum Gasteiger partial charge on any atom is 0.255 e. The van der Waals surface area contributed by atoms with Crippen molar-refractivity contribution in [2.24, 2.45) is 0 Å². The van der Waals surface area contributed by atoms with E-state index in [0.717, 1.165) is 56.6 Å². The molecule has 1 amide bonds. The van der Waals surface area contributed by atoms with Crippen LogP contribution in [0.15, 0.2) is 36.4 Å². The minimum absolute atomic E-state index is 0.0310. The van der Waals surface area contributed by atoms with Crippen LogP contribution >= 0.6 is 23.2 Å². The molecule has 34 heavy (non-hydrogen) atoms. The van der Waals surface area contributed by atoms with Crippen molar-refractivity contribution in [3.63, 3.8) is 0 Å². The number of piperazine rings is 1. The number of anilines is 1. The lowest BCUT2D eigenvalue weighted by atomic mass is 9.86. The van der Waals surface area contributed by atoms with Crippen molar-refractivity contribution in [3.05, 3.63) is 63.4 Å². The van der Waals surface area contributed by atoms with Gasteiger partial charge in [0, 0.05) is 45.3 Å². The number of nitrogens with zero attached hydrogens (tertiary/aromatic N) is 3. The first kappa shape index (κ1) is 23.9. The van der Waals surface area contributed by atoms with E-state index in [-0.39, 0.29) is 22.9 Å². The standard InChI is InChI=1S/C26H30Cl2FN3O2/c27-22-13-17(7-9-23(22)29)18-6-8-19-15-32(12-11-30(19)14-18)26(34)21-4-1-5-24(25(21)28)31-10-2-3-20(33)16-31/h1,4-5,7,9,13,18-20,33H,2-3,6,8,10-12,14-16H2/t18-,19+,20-/m0/s1. The van der Waals surface area contributed by atoms with Gasteiger partial charge in [0.1, 0.15) is 5.82 Å². The Morgan fingerprint density at radius 3 is 2.65 bits per heavy atom. The number of fused-ring (bicyclic) bond motifs is 1. The van der Waals surface area contributed by atoms with Gasteiger partial charge in [0.2, 0.25) is 0 Å². The molecule has 0 saturated carbocycles. The topological polar surface area (TPSA) is 47.0 Å². The quantitative estimate of drug-likeness (QED) is 0.650. The number of rotatable bonds is 3. The molecule has 8 heteroatoms. The van der Waals surface area contributed by atoms with E-state index < -0.39 is 0 Å². The van der Waals surface area contributed by atoms with Gasteiger partial charge in [-0.3, -0.25) is 9.69 Å². The van der Waals surface area contributed by atoms with Crippen molar-refractivity contribution < 1.29 is 14.3 Å². The van der Waals surface area contributed by atoms with Gasteiger partial charge in [-0.2, -0.15) is 0 Å². The Balaban J connectivity index is 1.25. The van der Waals surface area contributed by atoms with Crippen LogP contribution in [0.25, 0.3) is 0 Å². The molecule has 3 heterocycles. The second-order valence-electron chi connectivity index (χ2n) is 9.73. The average molecular weight is 506 g/mol. The summed E-state index contributed by atoms with van der Waals surface area (Å²) < 4.78 is 13.6. The van der Waals surface area contributed by atoms with Gasteiger partial charge in [-0.1, -0.05) is 35.3 Å². The van der Waals surface area contributed by atoms with Crippen LogP contribution in [-0.4, -0.2) is 72.2 Å². The number of β-amino-alcohol motifs (C(OH)–C–C–N with tert-alkyl or cyclic N) is 1. The maximum atomic E-state index is 13.6. The van der Waals surface area contributed by atoms with E-state index in [1.54, 1.807) is 12.1 Å². The molecule has 1 N–H and O–H groups in total. The fraction of sp³-hybridized carbons (Fsp3) is 0.500. The van der Waals surface area contributed by atoms with Crippen LogP contribution < -0.4 is 4.90 Å². The van der Waals surface area contributed by atoms with Gasteiger partial charge in [0.05, 0.1) is 27.4 Å². The summed E-state index contributed by atoms with van der Waals surface area (Å²) in [7, 11) is 0. The van der Waals surface area contributed by atoms with E-state index in [9.17, 15) is 14.3 Å². The number of carbonyl (C=O) groups excluding carboxylic acids is 1. The van der Waals surface area contributed by atoms with Crippen molar-refractivity contribution in [3.8, 4) is 0 Å². The third-order valence-electron chi connectivity index (χ3n) is 7.56. The van der Waals surface area contributed by atoms with Crippen molar-refractivity contribution in [1.82, 2.24) is 9.80 Å². The van der Waals surface area contributed by atoms with Gasteiger partial charge in [0.15, 0.2) is 0 Å². The van der Waals surface area contributed by atoms with Crippen LogP contribution in [0.1, 0.15) is 47.5 Å². The second kappa shape index (κ2) is 10.0. The van der Waals surface area contributed by atoms with Crippen LogP contribution in [0.3, 0.4) is 0 Å². The molecule has 3 saturated heterocycles. The third kappa shape index (κ3) is 4.78. The number of halogens is 3. The Hall–Kier alpha value is -1.86. The number of carbonyl (C=O) groups is 1. The summed E-state index contributed by atoms with van der Waals surface area (Å²) in [4.78, 5) is 19.9. The van der Waals surface area contributed by atoms with Crippen molar-refractivity contribution in [2.45, 2.75) is 43.7 Å². The molecule has 2 aromatic carbocycles. The number of amides is 1. The second-order valence-corrected chi connectivity index (χ2v) is 10.5. The molecule has 0 aliphatic carbocycles. The lowest BCUT2D eigenvalue weighted by Gasteiger charge is -2.46. The molecule has 182 valence electrons. The summed E-state index contributed by atoms with van der Waals surface area (Å²) in [6.07, 6.45) is 3.30. The lowest BCUT2D eigenvalue weighted by molar-refractivity contribution is 0.0329. The Morgan fingerprint density at radius 2 is 1.85 bits per heavy atom. The molecule has 0 bridgehead atoms. The minimum atomic E-state index is -0.384. The fourth-order valence-corrected chi connectivity index (χ4v) is 6.19. The Morgan fingerprint density at radius 1 is 1.00 bits per heavy atom. The Kier molecular flexibility index (Phi) is 7.03. The highest BCUT2D eigenvalue weighted by atomic mass is 35.5. The third-order valence-corrected chi connectivity index (χ3v) is 8.24. The first-order valence-electron chi connectivity index (χ1n) is 12.1. The summed E-state index contributed by atoms with van der Waals surface area (Å²) in [6.45, 7) is 4.39. The van der Waals surface area contributed by atoms with Crippen LogP contribution in [0.5, 0.6) is 0 Å². The van der Waals surface area contributed by atoms with Gasteiger partial charge in [-0.25, -0.2) is 4.39 Å². The zero-order valence-electron chi connectivity index (χ0n) is 19.1. The molecule has 0 radical (unpaired) electrons. The van der Waals surface area contributed by atoms with E-state index in [4.69, 9.17) is 23.2 Å². The summed E-state index contributed by atoms with van der Waals surface area (Å²) in [6, 6.07) is 11.0. The predicted molar refractivity (Wildman–Crippen MR) is 134 cm³/mol. The highest BCUT2D eigenvalue weighted by Crippen LogP contribution is 2.35. The Labute approximate surface area is 210 Å². The molecular weight excluding hydrogens is 476 g/mol. The zero-order chi connectivity index (χ0) is 23.8. The first-order chi connectivity index (χ1) is 16.4. The first-order valence-corrected chi connectivity index (χ1v) is 12.9. The summed E-state index contributed by atoms with van der Waals surface area (Å²) >= 11 is 12.7. The Bertz CT molecular complexity index is 1070. The molecule has 0 unspecified atom stereocenters. The number of aliphatic hydroxyl groups excluding tert-OH is 1. The minimum Gasteiger partial charge on any atom is -0.391 e. The largest absolute Gasteiger partial charge is 0.391 e. The number of hydrogen-bond donors (Lipinski definition) is 1. The van der Waals surface area contributed by atoms with E-state index in [1.165, 1.54) is 6.07 Å². The number of aliphatic hydroxyl groups is 1. The number of piperidine rings is 2. The molecule has 5 nitrogen and oxygen atoms in total. The molecule has 3 fully saturated rings. The number of benzene rings is 2. The normalized spacial score (nSPS) is 25.8. The lowest BCUT2D eigenvalue weighted by Crippen LogP contribution is -2.57. The van der Waals surface area contributed by atoms with Crippen molar-refractivity contribution in [2.75, 3.05) is 44.2 Å². The zero-order valence-corrected chi connectivity index (χ0v) is 20.6. The van der Waals surface area contributed by atoms with Gasteiger partial charge >= 0.3 is 0 Å². The highest BCUT2D eigenvalue weighted by molar-refractivity contribution is 6.36. The fourth-order valence-electron chi connectivity index (χ4n) is 5.67. The highest BCUT2D eigenvalue weighted by Gasteiger charge is 2.36. The van der Waals surface area contributed by atoms with E-state index >= 15 is 0 Å². The van der Waals surface area contributed by atoms with E-state index in [0.29, 0.717) is 42.2 Å². The van der Waals surface area contributed by atoms with Gasteiger partial charge < -0.3 is 14.9 Å². The molecule has 0 spiro atoms. The van der Waals surface area contributed by atoms with Gasteiger partial charge in [-0.15, -0.1) is 0 Å². The molecule has 3 aliphatic heterocycles. The van der Waals surface area contributed by atoms with Crippen LogP contribution in [-0.2, 0) is 0 Å². The van der Waals surface area contributed by atoms with Crippen molar-refractivity contribution >= 4 is 34.8 Å². The van der Waals surface area contributed by atoms with Crippen LogP contribution in [0.2, 0.25) is 10.0 Å². The van der Waals surface area contributed by atoms with Gasteiger partial charge in [0.25, 0.3) is 5.91 Å². The molecule has 5 rings (SSSR count). The van der Waals surface area contributed by atoms with Gasteiger partial charge in [-0.05, 0) is 61.4 Å². The molecule has 2 aromatic rings. The number of hydrogen-bond acceptors (Lipinski definition) is 4. The monoisotopic (exact) mass is 505 g/mol. The predicted octanol–water partition coefficient (Wildman–Crippen LogP) is 4.80. The van der Waals surface area contributed by atoms with E-state index in [1.807, 2.05) is 23.1 Å². The summed E-state index contributed by atoms with van der Waals surface area (Å²) in [5.41, 5.74) is 2.43. The SMILES string of the molecule is O=C(c1cccc(N2CCC[C@H](O)C2)c1Cl)N1CCN2C[C@@H](c3ccc(F)c(Cl)c3)CC[C@@H]2C1. The van der Waals surface area contributed by atoms with Crippen LogP contribution in [0.4, 0.5) is 10.1 Å². The molecular formula is C26H30Cl2FN3O2. The molecule has 0 aromatic heterocycles. The maximum absolute atomic E-state index is 13.6. The summed E-state index contributed by atoms with van der Waals surface area (Å²) in [5.74, 6) is -0.0930. The summed E-state index contributed by atoms with van der Waals surface area (Å²) in [5, 5.41) is 10.7. The molecule has 3 atom stereocenters. The van der Waals surface area contributed by atoms with Crippen LogP contribution in [0, 0.1) is 5.82 Å². The smallest absolute Gasteiger partial charge is 0.255 e. The molecule has 3 aliphatic rings. The average Bonchev–Trinajstić information content (AvgIpc) is 2.85. The van der Waals surface area contributed by atoms with Crippen molar-refractivity contribution in [1.29, 1.82) is 0 Å². The van der Waals surface area contributed by atoms with E-state index in [2.05, 4.69) is 9.80 Å².